The Hall–Kier alpha value is -3.30. The van der Waals surface area contributed by atoms with E-state index in [1.54, 1.807) is 42.5 Å². The van der Waals surface area contributed by atoms with Crippen molar-refractivity contribution in [3.05, 3.63) is 78.1 Å². The number of sulfone groups is 1. The number of hydrogen-bond donors (Lipinski definition) is 1. The van der Waals surface area contributed by atoms with Gasteiger partial charge in [-0.15, -0.1) is 0 Å². The van der Waals surface area contributed by atoms with Gasteiger partial charge in [0.25, 0.3) is 0 Å². The Kier molecular flexibility index (Phi) is 5.16. The summed E-state index contributed by atoms with van der Waals surface area (Å²) in [4.78, 5) is 4.92. The number of benzene rings is 3. The number of nitrogens with zero attached hydrogens (tertiary/aromatic N) is 2. The summed E-state index contributed by atoms with van der Waals surface area (Å²) in [6.45, 7) is -2.96. The van der Waals surface area contributed by atoms with Gasteiger partial charge in [-0.2, -0.15) is 8.78 Å². The maximum Gasteiger partial charge on any atom is 0.387 e. The molecule has 1 aliphatic heterocycles. The largest absolute Gasteiger partial charge is 0.434 e. The highest BCUT2D eigenvalue weighted by Gasteiger charge is 2.37. The molecular weight excluding hydrogens is 474 g/mol. The summed E-state index contributed by atoms with van der Waals surface area (Å²) in [5, 5.41) is 10.4. The van der Waals surface area contributed by atoms with Crippen molar-refractivity contribution in [2.75, 3.05) is 0 Å². The zero-order chi connectivity index (χ0) is 24.3. The molecule has 4 aromatic rings. The van der Waals surface area contributed by atoms with Gasteiger partial charge in [0.1, 0.15) is 17.7 Å². The van der Waals surface area contributed by atoms with Crippen LogP contribution in [0, 0.1) is 0 Å². The Morgan fingerprint density at radius 2 is 1.71 bits per heavy atom. The topological polar surface area (TPSA) is 81.4 Å². The van der Waals surface area contributed by atoms with E-state index in [4.69, 9.17) is 4.74 Å². The van der Waals surface area contributed by atoms with E-state index < -0.39 is 28.6 Å². The minimum atomic E-state index is -3.26. The average molecular weight is 497 g/mol. The highest BCUT2D eigenvalue weighted by molar-refractivity contribution is 7.92. The number of aliphatic hydroxyl groups is 1. The summed E-state index contributed by atoms with van der Waals surface area (Å²) in [7, 11) is -3.26. The first-order valence-corrected chi connectivity index (χ1v) is 13.0. The fourth-order valence-electron chi connectivity index (χ4n) is 4.91. The van der Waals surface area contributed by atoms with Gasteiger partial charge in [-0.05, 0) is 54.3 Å². The second-order valence-electron chi connectivity index (χ2n) is 9.00. The van der Waals surface area contributed by atoms with Crippen LogP contribution in [0.5, 0.6) is 5.75 Å². The van der Waals surface area contributed by atoms with Crippen molar-refractivity contribution in [1.82, 2.24) is 9.55 Å². The number of alkyl halides is 2. The maximum atomic E-state index is 13.0. The van der Waals surface area contributed by atoms with Gasteiger partial charge >= 0.3 is 6.61 Å². The van der Waals surface area contributed by atoms with Gasteiger partial charge < -0.3 is 14.4 Å². The van der Waals surface area contributed by atoms with E-state index in [0.29, 0.717) is 41.1 Å². The molecule has 2 heterocycles. The van der Waals surface area contributed by atoms with Crippen molar-refractivity contribution >= 4 is 20.9 Å². The van der Waals surface area contributed by atoms with Gasteiger partial charge in [0, 0.05) is 12.0 Å². The molecule has 3 aromatic carbocycles. The summed E-state index contributed by atoms with van der Waals surface area (Å²) < 4.78 is 57.7. The number of aliphatic hydroxyl groups excluding tert-OH is 1. The number of hydrogen-bond acceptors (Lipinski definition) is 5. The van der Waals surface area contributed by atoms with Gasteiger partial charge in [-0.25, -0.2) is 13.4 Å². The number of halogens is 2. The molecule has 1 aliphatic carbocycles. The molecule has 2 aliphatic rings. The van der Waals surface area contributed by atoms with Crippen LogP contribution in [-0.4, -0.2) is 34.9 Å². The van der Waals surface area contributed by atoms with Gasteiger partial charge in [0.2, 0.25) is 0 Å². The SMILES string of the molecule is O=S(=O)(c1ccc(-c2ccc3nc4n(c3c2)C(c2ccccc2OC(F)F)CC4O)cc1)C1CC1. The normalized spacial score (nSPS) is 19.9. The van der Waals surface area contributed by atoms with E-state index in [9.17, 15) is 22.3 Å². The third kappa shape index (κ3) is 3.79. The lowest BCUT2D eigenvalue weighted by atomic mass is 10.0. The maximum absolute atomic E-state index is 13.0. The summed E-state index contributed by atoms with van der Waals surface area (Å²) in [5.74, 6) is 0.540. The van der Waals surface area contributed by atoms with Crippen molar-refractivity contribution in [2.45, 2.75) is 48.2 Å². The van der Waals surface area contributed by atoms with Crippen LogP contribution in [0.1, 0.15) is 42.8 Å². The van der Waals surface area contributed by atoms with Gasteiger partial charge in [-0.3, -0.25) is 0 Å². The predicted molar refractivity (Wildman–Crippen MR) is 126 cm³/mol. The lowest BCUT2D eigenvalue weighted by Gasteiger charge is -2.19. The number of imidazole rings is 1. The number of fused-ring (bicyclic) bond motifs is 3. The van der Waals surface area contributed by atoms with Crippen LogP contribution in [0.25, 0.3) is 22.2 Å². The van der Waals surface area contributed by atoms with E-state index in [1.807, 2.05) is 22.8 Å². The zero-order valence-electron chi connectivity index (χ0n) is 18.5. The van der Waals surface area contributed by atoms with Crippen molar-refractivity contribution in [1.29, 1.82) is 0 Å². The molecule has 0 radical (unpaired) electrons. The summed E-state index contributed by atoms with van der Waals surface area (Å²) in [5.41, 5.74) is 3.67. The molecule has 1 fully saturated rings. The highest BCUT2D eigenvalue weighted by Crippen LogP contribution is 2.44. The van der Waals surface area contributed by atoms with E-state index in [2.05, 4.69) is 4.98 Å². The van der Waals surface area contributed by atoms with E-state index >= 15 is 0 Å². The third-order valence-electron chi connectivity index (χ3n) is 6.75. The summed E-state index contributed by atoms with van der Waals surface area (Å²) in [6.07, 6.45) is 0.874. The number of rotatable bonds is 6. The second kappa shape index (κ2) is 8.13. The molecule has 0 bridgehead atoms. The van der Waals surface area contributed by atoms with Crippen LogP contribution in [-0.2, 0) is 9.84 Å². The van der Waals surface area contributed by atoms with Gasteiger partial charge in [-0.1, -0.05) is 36.4 Å². The predicted octanol–water partition coefficient (Wildman–Crippen LogP) is 5.27. The van der Waals surface area contributed by atoms with Gasteiger partial charge in [0.05, 0.1) is 27.2 Å². The molecule has 6 nitrogen and oxygen atoms in total. The molecule has 0 saturated heterocycles. The molecule has 1 saturated carbocycles. The van der Waals surface area contributed by atoms with E-state index in [0.717, 1.165) is 16.6 Å². The lowest BCUT2D eigenvalue weighted by molar-refractivity contribution is -0.0507. The fourth-order valence-corrected chi connectivity index (χ4v) is 6.57. The van der Waals surface area contributed by atoms with Crippen LogP contribution in [0.4, 0.5) is 8.78 Å². The molecule has 6 rings (SSSR count). The van der Waals surface area contributed by atoms with E-state index in [-0.39, 0.29) is 11.0 Å². The van der Waals surface area contributed by atoms with Crippen LogP contribution in [0.3, 0.4) is 0 Å². The second-order valence-corrected chi connectivity index (χ2v) is 11.2. The van der Waals surface area contributed by atoms with Crippen LogP contribution < -0.4 is 4.74 Å². The molecule has 35 heavy (non-hydrogen) atoms. The minimum Gasteiger partial charge on any atom is -0.434 e. The highest BCUT2D eigenvalue weighted by atomic mass is 32.2. The molecular formula is C26H22F2N2O4S. The molecule has 9 heteroatoms. The first kappa shape index (κ1) is 22.2. The first-order chi connectivity index (χ1) is 16.8. The average Bonchev–Trinajstić information content (AvgIpc) is 3.57. The quantitative estimate of drug-likeness (QED) is 0.394. The molecule has 0 amide bonds. The number of ether oxygens (including phenoxy) is 1. The Labute approximate surface area is 200 Å². The Bertz CT molecular complexity index is 1530. The Balaban J connectivity index is 1.42. The molecule has 1 N–H and O–H groups in total. The van der Waals surface area contributed by atoms with Crippen LogP contribution in [0.2, 0.25) is 0 Å². The van der Waals surface area contributed by atoms with Crippen LogP contribution >= 0.6 is 0 Å². The third-order valence-corrected chi connectivity index (χ3v) is 9.02. The van der Waals surface area contributed by atoms with Crippen molar-refractivity contribution in [2.24, 2.45) is 0 Å². The molecule has 1 aromatic heterocycles. The van der Waals surface area contributed by atoms with E-state index in [1.165, 1.54) is 6.07 Å². The van der Waals surface area contributed by atoms with Gasteiger partial charge in [0.15, 0.2) is 9.84 Å². The van der Waals surface area contributed by atoms with Crippen molar-refractivity contribution < 1.29 is 27.0 Å². The van der Waals surface area contributed by atoms with Crippen molar-refractivity contribution in [3.8, 4) is 16.9 Å². The first-order valence-electron chi connectivity index (χ1n) is 11.4. The Morgan fingerprint density at radius 1 is 1.00 bits per heavy atom. The number of para-hydroxylation sites is 1. The lowest BCUT2D eigenvalue weighted by Crippen LogP contribution is -2.10. The Morgan fingerprint density at radius 3 is 2.43 bits per heavy atom. The van der Waals surface area contributed by atoms with Crippen molar-refractivity contribution in [3.63, 3.8) is 0 Å². The number of aromatic nitrogens is 2. The monoisotopic (exact) mass is 496 g/mol. The molecule has 180 valence electrons. The smallest absolute Gasteiger partial charge is 0.387 e. The standard InChI is InChI=1S/C26H22F2N2O4S/c27-26(28)34-24-4-2-1-3-19(24)21-14-23(31)25-29-20-12-7-16(13-22(20)30(21)25)15-5-8-17(9-6-15)35(32,33)18-10-11-18/h1-9,12-13,18,21,23,26,31H,10-11,14H2. The fraction of sp³-hybridized carbons (Fsp3) is 0.269. The molecule has 2 atom stereocenters. The summed E-state index contributed by atoms with van der Waals surface area (Å²) >= 11 is 0. The van der Waals surface area contributed by atoms with Crippen LogP contribution in [0.15, 0.2) is 71.6 Å². The molecule has 0 spiro atoms. The zero-order valence-corrected chi connectivity index (χ0v) is 19.3. The minimum absolute atomic E-state index is 0.0676. The molecule has 2 unspecified atom stereocenters. The summed E-state index contributed by atoms with van der Waals surface area (Å²) in [6, 6.07) is 18.7.